The number of rotatable bonds is 3. The number of nitrogens with one attached hydrogen (secondary N) is 1. The molecule has 0 bridgehead atoms. The smallest absolute Gasteiger partial charge is 0.0737 e. The lowest BCUT2D eigenvalue weighted by atomic mass is 10.4. The molecule has 0 aromatic rings. The molecular weight excluding hydrogens is 100 g/mol. The predicted octanol–water partition coefficient (Wildman–Crippen LogP) is 0.804. The molecule has 48 valence electrons. The fourth-order valence-corrected chi connectivity index (χ4v) is 0.419. The van der Waals surface area contributed by atoms with E-state index in [-0.39, 0.29) is 6.17 Å². The van der Waals surface area contributed by atoms with Gasteiger partial charge in [0.1, 0.15) is 0 Å². The van der Waals surface area contributed by atoms with Gasteiger partial charge in [-0.1, -0.05) is 13.5 Å². The van der Waals surface area contributed by atoms with Gasteiger partial charge >= 0.3 is 0 Å². The summed E-state index contributed by atoms with van der Waals surface area (Å²) in [6.45, 7) is 7.58. The minimum atomic E-state index is 0.0764. The molecule has 0 aromatic heterocycles. The molecule has 1 atom stereocenters. The SMILES string of the molecule is C=C(C)NC(N)CC. The summed E-state index contributed by atoms with van der Waals surface area (Å²) < 4.78 is 0. The molecule has 0 fully saturated rings. The third-order valence-corrected chi connectivity index (χ3v) is 0.872. The Morgan fingerprint density at radius 3 is 2.50 bits per heavy atom. The zero-order valence-corrected chi connectivity index (χ0v) is 5.57. The Labute approximate surface area is 50.8 Å². The van der Waals surface area contributed by atoms with E-state index >= 15 is 0 Å². The van der Waals surface area contributed by atoms with Crippen molar-refractivity contribution in [2.75, 3.05) is 0 Å². The molecule has 0 aliphatic carbocycles. The monoisotopic (exact) mass is 114 g/mol. The number of hydrogen-bond acceptors (Lipinski definition) is 2. The summed E-state index contributed by atoms with van der Waals surface area (Å²) in [7, 11) is 0. The van der Waals surface area contributed by atoms with Crippen molar-refractivity contribution in [2.24, 2.45) is 5.73 Å². The largest absolute Gasteiger partial charge is 0.374 e. The summed E-state index contributed by atoms with van der Waals surface area (Å²) in [5, 5.41) is 2.98. The van der Waals surface area contributed by atoms with E-state index in [2.05, 4.69) is 11.9 Å². The Hall–Kier alpha value is -0.500. The number of nitrogens with two attached hydrogens (primary N) is 1. The van der Waals surface area contributed by atoms with E-state index in [4.69, 9.17) is 5.73 Å². The van der Waals surface area contributed by atoms with Crippen LogP contribution in [0.25, 0.3) is 0 Å². The van der Waals surface area contributed by atoms with Crippen molar-refractivity contribution in [1.82, 2.24) is 5.32 Å². The second-order valence-corrected chi connectivity index (χ2v) is 1.94. The molecule has 0 heterocycles. The lowest BCUT2D eigenvalue weighted by Crippen LogP contribution is -2.34. The fraction of sp³-hybridized carbons (Fsp3) is 0.667. The number of allylic oxidation sites excluding steroid dienone is 1. The van der Waals surface area contributed by atoms with Crippen LogP contribution in [0.15, 0.2) is 12.3 Å². The molecule has 0 saturated carbocycles. The van der Waals surface area contributed by atoms with Crippen LogP contribution in [0.1, 0.15) is 20.3 Å². The lowest BCUT2D eigenvalue weighted by molar-refractivity contribution is 0.572. The van der Waals surface area contributed by atoms with Crippen LogP contribution in [0, 0.1) is 0 Å². The van der Waals surface area contributed by atoms with Crippen molar-refractivity contribution >= 4 is 0 Å². The maximum atomic E-state index is 5.50. The highest BCUT2D eigenvalue weighted by Gasteiger charge is 1.92. The van der Waals surface area contributed by atoms with E-state index in [1.54, 1.807) is 0 Å². The molecule has 0 saturated heterocycles. The second-order valence-electron chi connectivity index (χ2n) is 1.94. The zero-order valence-electron chi connectivity index (χ0n) is 5.57. The Morgan fingerprint density at radius 1 is 1.88 bits per heavy atom. The highest BCUT2D eigenvalue weighted by Crippen LogP contribution is 1.84. The molecule has 0 spiro atoms. The second kappa shape index (κ2) is 3.50. The van der Waals surface area contributed by atoms with Crippen LogP contribution in [0.3, 0.4) is 0 Å². The van der Waals surface area contributed by atoms with E-state index in [0.717, 1.165) is 12.1 Å². The maximum absolute atomic E-state index is 5.50. The molecule has 3 N–H and O–H groups in total. The standard InChI is InChI=1S/C6H14N2/c1-4-6(7)8-5(2)3/h6,8H,2,4,7H2,1,3H3. The quantitative estimate of drug-likeness (QED) is 0.533. The third kappa shape index (κ3) is 3.68. The first-order chi connectivity index (χ1) is 3.66. The minimum absolute atomic E-state index is 0.0764. The molecule has 0 amide bonds. The summed E-state index contributed by atoms with van der Waals surface area (Å²) >= 11 is 0. The van der Waals surface area contributed by atoms with Gasteiger partial charge < -0.3 is 11.1 Å². The van der Waals surface area contributed by atoms with E-state index < -0.39 is 0 Å². The van der Waals surface area contributed by atoms with Crippen molar-refractivity contribution < 1.29 is 0 Å². The zero-order chi connectivity index (χ0) is 6.57. The normalized spacial score (nSPS) is 12.9. The van der Waals surface area contributed by atoms with Gasteiger partial charge in [-0.05, 0) is 13.3 Å². The summed E-state index contributed by atoms with van der Waals surface area (Å²) in [5.41, 5.74) is 6.43. The van der Waals surface area contributed by atoms with Crippen molar-refractivity contribution in [3.05, 3.63) is 12.3 Å². The summed E-state index contributed by atoms with van der Waals surface area (Å²) in [4.78, 5) is 0. The summed E-state index contributed by atoms with van der Waals surface area (Å²) in [6.07, 6.45) is 1.01. The maximum Gasteiger partial charge on any atom is 0.0737 e. The van der Waals surface area contributed by atoms with Gasteiger partial charge in [-0.2, -0.15) is 0 Å². The van der Waals surface area contributed by atoms with E-state index in [1.165, 1.54) is 0 Å². The third-order valence-electron chi connectivity index (χ3n) is 0.872. The van der Waals surface area contributed by atoms with Gasteiger partial charge in [0.2, 0.25) is 0 Å². The lowest BCUT2D eigenvalue weighted by Gasteiger charge is -2.10. The molecule has 0 aromatic carbocycles. The molecule has 2 heteroatoms. The van der Waals surface area contributed by atoms with E-state index in [1.807, 2.05) is 13.8 Å². The molecule has 8 heavy (non-hydrogen) atoms. The highest BCUT2D eigenvalue weighted by molar-refractivity contribution is 4.85. The van der Waals surface area contributed by atoms with Crippen LogP contribution < -0.4 is 11.1 Å². The Kier molecular flexibility index (Phi) is 3.28. The van der Waals surface area contributed by atoms with Crippen molar-refractivity contribution in [1.29, 1.82) is 0 Å². The predicted molar refractivity (Wildman–Crippen MR) is 36.2 cm³/mol. The van der Waals surface area contributed by atoms with Crippen LogP contribution in [-0.2, 0) is 0 Å². The Bertz CT molecular complexity index is 78.6. The Morgan fingerprint density at radius 2 is 2.38 bits per heavy atom. The summed E-state index contributed by atoms with van der Waals surface area (Å²) in [5.74, 6) is 0. The molecule has 0 radical (unpaired) electrons. The molecular formula is C6H14N2. The van der Waals surface area contributed by atoms with E-state index in [9.17, 15) is 0 Å². The first-order valence-electron chi connectivity index (χ1n) is 2.84. The van der Waals surface area contributed by atoms with E-state index in [0.29, 0.717) is 0 Å². The van der Waals surface area contributed by atoms with Crippen LogP contribution in [0.4, 0.5) is 0 Å². The van der Waals surface area contributed by atoms with Crippen LogP contribution >= 0.6 is 0 Å². The first kappa shape index (κ1) is 7.50. The minimum Gasteiger partial charge on any atom is -0.374 e. The average molecular weight is 114 g/mol. The van der Waals surface area contributed by atoms with Gasteiger partial charge in [0.15, 0.2) is 0 Å². The topological polar surface area (TPSA) is 38.0 Å². The highest BCUT2D eigenvalue weighted by atomic mass is 15.0. The van der Waals surface area contributed by atoms with Gasteiger partial charge in [0, 0.05) is 5.70 Å². The average Bonchev–Trinajstić information content (AvgIpc) is 1.65. The van der Waals surface area contributed by atoms with Gasteiger partial charge in [-0.15, -0.1) is 0 Å². The van der Waals surface area contributed by atoms with Crippen LogP contribution in [-0.4, -0.2) is 6.17 Å². The number of hydrogen-bond donors (Lipinski definition) is 2. The van der Waals surface area contributed by atoms with Crippen molar-refractivity contribution in [2.45, 2.75) is 26.4 Å². The van der Waals surface area contributed by atoms with Gasteiger partial charge in [0.25, 0.3) is 0 Å². The van der Waals surface area contributed by atoms with Crippen LogP contribution in [0.2, 0.25) is 0 Å². The Balaban J connectivity index is 3.24. The molecule has 2 nitrogen and oxygen atoms in total. The van der Waals surface area contributed by atoms with Crippen LogP contribution in [0.5, 0.6) is 0 Å². The van der Waals surface area contributed by atoms with Crippen molar-refractivity contribution in [3.63, 3.8) is 0 Å². The van der Waals surface area contributed by atoms with Crippen molar-refractivity contribution in [3.8, 4) is 0 Å². The first-order valence-corrected chi connectivity index (χ1v) is 2.84. The van der Waals surface area contributed by atoms with Gasteiger partial charge in [0.05, 0.1) is 6.17 Å². The molecule has 0 aliphatic heterocycles. The molecule has 0 rings (SSSR count). The van der Waals surface area contributed by atoms with Gasteiger partial charge in [-0.25, -0.2) is 0 Å². The summed E-state index contributed by atoms with van der Waals surface area (Å²) in [6, 6.07) is 0. The molecule has 1 unspecified atom stereocenters. The van der Waals surface area contributed by atoms with Gasteiger partial charge in [-0.3, -0.25) is 0 Å². The fourth-order valence-electron chi connectivity index (χ4n) is 0.419. The molecule has 0 aliphatic rings.